The monoisotopic (exact) mass is 354 g/mol. The fourth-order valence-electron chi connectivity index (χ4n) is 1.93. The normalized spacial score (nSPS) is 11.2. The van der Waals surface area contributed by atoms with Gasteiger partial charge in [-0.15, -0.1) is 10.2 Å². The number of hydrogen-bond acceptors (Lipinski definition) is 3. The lowest BCUT2D eigenvalue weighted by Gasteiger charge is -2.06. The van der Waals surface area contributed by atoms with Gasteiger partial charge in [0.1, 0.15) is 5.82 Å². The third-order valence-electron chi connectivity index (χ3n) is 3.21. The van der Waals surface area contributed by atoms with Crippen LogP contribution in [0, 0.1) is 19.7 Å². The van der Waals surface area contributed by atoms with Gasteiger partial charge in [-0.05, 0) is 37.6 Å². The van der Waals surface area contributed by atoms with E-state index in [9.17, 15) is 4.39 Å². The maximum atomic E-state index is 13.4. The predicted octanol–water partition coefficient (Wildman–Crippen LogP) is 3.96. The Kier molecular flexibility index (Phi) is 3.22. The number of rotatable bonds is 1. The van der Waals surface area contributed by atoms with Crippen LogP contribution in [-0.4, -0.2) is 19.8 Å². The molecule has 0 radical (unpaired) electrons. The maximum Gasteiger partial charge on any atom is 0.186 e. The van der Waals surface area contributed by atoms with E-state index >= 15 is 0 Å². The molecule has 7 heteroatoms. The van der Waals surface area contributed by atoms with Crippen LogP contribution in [0.25, 0.3) is 17.0 Å². The Morgan fingerprint density at radius 3 is 2.70 bits per heavy atom. The quantitative estimate of drug-likeness (QED) is 0.663. The minimum atomic E-state index is -0.352. The molecule has 0 atom stereocenters. The van der Waals surface area contributed by atoms with Gasteiger partial charge in [0.2, 0.25) is 0 Å². The SMILES string of the molecule is Cc1c(Cl)nn2c(-c3cc(F)ccc3Br)nnc2c1C. The van der Waals surface area contributed by atoms with E-state index in [4.69, 9.17) is 11.6 Å². The average Bonchev–Trinajstić information content (AvgIpc) is 2.82. The van der Waals surface area contributed by atoms with Crippen LogP contribution in [0.15, 0.2) is 22.7 Å². The predicted molar refractivity (Wildman–Crippen MR) is 78.4 cm³/mol. The van der Waals surface area contributed by atoms with Crippen molar-refractivity contribution in [3.8, 4) is 11.4 Å². The molecular formula is C13H9BrClFN4. The molecule has 0 saturated carbocycles. The summed E-state index contributed by atoms with van der Waals surface area (Å²) in [6.45, 7) is 3.77. The van der Waals surface area contributed by atoms with E-state index in [1.54, 1.807) is 6.07 Å². The van der Waals surface area contributed by atoms with E-state index in [1.807, 2.05) is 13.8 Å². The number of fused-ring (bicyclic) bond motifs is 1. The van der Waals surface area contributed by atoms with Gasteiger partial charge in [0, 0.05) is 15.6 Å². The van der Waals surface area contributed by atoms with Gasteiger partial charge in [-0.3, -0.25) is 0 Å². The van der Waals surface area contributed by atoms with E-state index in [-0.39, 0.29) is 5.82 Å². The van der Waals surface area contributed by atoms with Gasteiger partial charge in [-0.1, -0.05) is 27.5 Å². The van der Waals surface area contributed by atoms with Crippen molar-refractivity contribution in [2.75, 3.05) is 0 Å². The standard InChI is InChI=1S/C13H9BrClFN4/c1-6-7(2)12-17-18-13(20(12)19-11(6)15)9-5-8(16)3-4-10(9)14/h3-5H,1-2H3. The van der Waals surface area contributed by atoms with Crippen LogP contribution in [0.4, 0.5) is 4.39 Å². The first-order chi connectivity index (χ1) is 9.49. The molecule has 0 N–H and O–H groups in total. The first-order valence-electron chi connectivity index (χ1n) is 5.82. The van der Waals surface area contributed by atoms with Crippen LogP contribution in [0.2, 0.25) is 5.15 Å². The van der Waals surface area contributed by atoms with Gasteiger partial charge in [0.25, 0.3) is 0 Å². The second-order valence-electron chi connectivity index (χ2n) is 4.42. The lowest BCUT2D eigenvalue weighted by Crippen LogP contribution is -2.00. The first-order valence-corrected chi connectivity index (χ1v) is 6.99. The van der Waals surface area contributed by atoms with Crippen LogP contribution in [0.5, 0.6) is 0 Å². The fourth-order valence-corrected chi connectivity index (χ4v) is 2.57. The molecule has 0 aliphatic carbocycles. The lowest BCUT2D eigenvalue weighted by atomic mass is 10.2. The van der Waals surface area contributed by atoms with Crippen LogP contribution in [-0.2, 0) is 0 Å². The average molecular weight is 356 g/mol. The molecule has 20 heavy (non-hydrogen) atoms. The van der Waals surface area contributed by atoms with Gasteiger partial charge < -0.3 is 0 Å². The summed E-state index contributed by atoms with van der Waals surface area (Å²) >= 11 is 9.49. The number of halogens is 3. The van der Waals surface area contributed by atoms with Crippen molar-refractivity contribution in [2.24, 2.45) is 0 Å². The van der Waals surface area contributed by atoms with Gasteiger partial charge in [0.05, 0.1) is 0 Å². The molecule has 0 fully saturated rings. The van der Waals surface area contributed by atoms with Crippen molar-refractivity contribution in [3.63, 3.8) is 0 Å². The summed E-state index contributed by atoms with van der Waals surface area (Å²) in [7, 11) is 0. The zero-order valence-corrected chi connectivity index (χ0v) is 13.0. The Balaban J connectivity index is 2.36. The molecule has 2 aromatic heterocycles. The molecule has 0 aliphatic heterocycles. The van der Waals surface area contributed by atoms with E-state index < -0.39 is 0 Å². The first kappa shape index (κ1) is 13.5. The molecule has 0 aliphatic rings. The summed E-state index contributed by atoms with van der Waals surface area (Å²) < 4.78 is 15.7. The molecule has 1 aromatic carbocycles. The highest BCUT2D eigenvalue weighted by Gasteiger charge is 2.17. The zero-order valence-electron chi connectivity index (χ0n) is 10.7. The van der Waals surface area contributed by atoms with E-state index in [1.165, 1.54) is 16.6 Å². The summed E-state index contributed by atoms with van der Waals surface area (Å²) in [4.78, 5) is 0. The number of aromatic nitrogens is 4. The third-order valence-corrected chi connectivity index (χ3v) is 4.26. The second kappa shape index (κ2) is 4.79. The second-order valence-corrected chi connectivity index (χ2v) is 5.64. The number of nitrogens with zero attached hydrogens (tertiary/aromatic N) is 4. The van der Waals surface area contributed by atoms with Crippen LogP contribution < -0.4 is 0 Å². The number of hydrogen-bond donors (Lipinski definition) is 0. The van der Waals surface area contributed by atoms with E-state index in [0.717, 1.165) is 11.1 Å². The Morgan fingerprint density at radius 2 is 1.95 bits per heavy atom. The van der Waals surface area contributed by atoms with Gasteiger partial charge in [0.15, 0.2) is 16.6 Å². The van der Waals surface area contributed by atoms with Crippen LogP contribution >= 0.6 is 27.5 Å². The molecule has 102 valence electrons. The van der Waals surface area contributed by atoms with Gasteiger partial charge >= 0.3 is 0 Å². The molecule has 3 rings (SSSR count). The Labute approximate surface area is 127 Å². The molecule has 0 bridgehead atoms. The van der Waals surface area contributed by atoms with Crippen molar-refractivity contribution >= 4 is 33.2 Å². The van der Waals surface area contributed by atoms with Crippen molar-refractivity contribution in [3.05, 3.63) is 44.8 Å². The van der Waals surface area contributed by atoms with Crippen molar-refractivity contribution in [1.29, 1.82) is 0 Å². The summed E-state index contributed by atoms with van der Waals surface area (Å²) in [6, 6.07) is 4.37. The Hall–Kier alpha value is -1.53. The minimum absolute atomic E-state index is 0.352. The minimum Gasteiger partial charge on any atom is -0.207 e. The highest BCUT2D eigenvalue weighted by Crippen LogP contribution is 2.29. The van der Waals surface area contributed by atoms with Crippen molar-refractivity contribution in [2.45, 2.75) is 13.8 Å². The summed E-state index contributed by atoms with van der Waals surface area (Å²) in [5, 5.41) is 12.9. The fraction of sp³-hybridized carbons (Fsp3) is 0.154. The molecule has 0 amide bonds. The van der Waals surface area contributed by atoms with Crippen molar-refractivity contribution < 1.29 is 4.39 Å². The summed E-state index contributed by atoms with van der Waals surface area (Å²) in [6.07, 6.45) is 0. The van der Waals surface area contributed by atoms with Crippen LogP contribution in [0.3, 0.4) is 0 Å². The Morgan fingerprint density at radius 1 is 1.20 bits per heavy atom. The summed E-state index contributed by atoms with van der Waals surface area (Å²) in [5.41, 5.74) is 2.94. The van der Waals surface area contributed by atoms with Crippen LogP contribution in [0.1, 0.15) is 11.1 Å². The molecular weight excluding hydrogens is 347 g/mol. The number of aryl methyl sites for hydroxylation is 1. The highest BCUT2D eigenvalue weighted by atomic mass is 79.9. The van der Waals surface area contributed by atoms with Gasteiger partial charge in [-0.2, -0.15) is 9.61 Å². The Bertz CT molecular complexity index is 831. The molecule has 0 spiro atoms. The maximum absolute atomic E-state index is 13.4. The van der Waals surface area contributed by atoms with E-state index in [2.05, 4.69) is 31.2 Å². The largest absolute Gasteiger partial charge is 0.207 e. The van der Waals surface area contributed by atoms with Gasteiger partial charge in [-0.25, -0.2) is 4.39 Å². The van der Waals surface area contributed by atoms with Crippen molar-refractivity contribution in [1.82, 2.24) is 19.8 Å². The molecule has 3 aromatic rings. The smallest absolute Gasteiger partial charge is 0.186 e. The summed E-state index contributed by atoms with van der Waals surface area (Å²) in [5.74, 6) is 0.0891. The number of benzene rings is 1. The van der Waals surface area contributed by atoms with E-state index in [0.29, 0.717) is 26.7 Å². The lowest BCUT2D eigenvalue weighted by molar-refractivity contribution is 0.628. The topological polar surface area (TPSA) is 43.1 Å². The molecule has 0 saturated heterocycles. The molecule has 0 unspecified atom stereocenters. The third kappa shape index (κ3) is 1.99. The molecule has 2 heterocycles. The highest BCUT2D eigenvalue weighted by molar-refractivity contribution is 9.10. The zero-order chi connectivity index (χ0) is 14.4. The molecule has 4 nitrogen and oxygen atoms in total.